The van der Waals surface area contributed by atoms with Crippen molar-refractivity contribution in [1.29, 1.82) is 15.8 Å². The number of hydrogen-bond acceptors (Lipinski definition) is 4. The van der Waals surface area contributed by atoms with Crippen molar-refractivity contribution in [2.75, 3.05) is 6.61 Å². The van der Waals surface area contributed by atoms with Crippen molar-refractivity contribution in [3.63, 3.8) is 0 Å². The zero-order chi connectivity index (χ0) is 12.7. The molecule has 0 aliphatic heterocycles. The molecular weight excluding hydrogens is 214 g/mol. The van der Waals surface area contributed by atoms with E-state index in [0.717, 1.165) is 5.56 Å². The van der Waals surface area contributed by atoms with Gasteiger partial charge in [-0.15, -0.1) is 0 Å². The van der Waals surface area contributed by atoms with Crippen LogP contribution >= 0.6 is 0 Å². The van der Waals surface area contributed by atoms with Gasteiger partial charge in [0, 0.05) is 6.42 Å². The van der Waals surface area contributed by atoms with Crippen LogP contribution in [0.5, 0.6) is 5.75 Å². The Kier molecular flexibility index (Phi) is 4.55. The van der Waals surface area contributed by atoms with Crippen LogP contribution in [0.2, 0.25) is 0 Å². The Morgan fingerprint density at radius 2 is 2.00 bits per heavy atom. The Morgan fingerprint density at radius 1 is 1.24 bits per heavy atom. The van der Waals surface area contributed by atoms with Gasteiger partial charge in [0.15, 0.2) is 6.61 Å². The summed E-state index contributed by atoms with van der Waals surface area (Å²) in [5.74, 6) is 0.537. The van der Waals surface area contributed by atoms with E-state index >= 15 is 0 Å². The average molecular weight is 225 g/mol. The second kappa shape index (κ2) is 6.16. The zero-order valence-electron chi connectivity index (χ0n) is 9.47. The van der Waals surface area contributed by atoms with E-state index in [2.05, 4.69) is 6.07 Å². The molecule has 1 aromatic rings. The van der Waals surface area contributed by atoms with Crippen molar-refractivity contribution >= 4 is 0 Å². The molecule has 4 heteroatoms. The molecule has 0 aliphatic carbocycles. The molecule has 1 rings (SSSR count). The van der Waals surface area contributed by atoms with E-state index in [-0.39, 0.29) is 12.5 Å². The first-order valence-corrected chi connectivity index (χ1v) is 5.13. The molecule has 0 aliphatic rings. The number of ether oxygens (including phenoxy) is 1. The lowest BCUT2D eigenvalue weighted by atomic mass is 9.96. The minimum atomic E-state index is -0.0435. The molecule has 17 heavy (non-hydrogen) atoms. The fourth-order valence-electron chi connectivity index (χ4n) is 1.49. The molecule has 1 atom stereocenters. The van der Waals surface area contributed by atoms with Gasteiger partial charge in [-0.25, -0.2) is 0 Å². The molecule has 1 aromatic carbocycles. The minimum absolute atomic E-state index is 0.0259. The van der Waals surface area contributed by atoms with Gasteiger partial charge in [-0.1, -0.05) is 6.92 Å². The van der Waals surface area contributed by atoms with Gasteiger partial charge in [0.1, 0.15) is 11.8 Å². The maximum atomic E-state index is 8.83. The third kappa shape index (κ3) is 3.23. The topological polar surface area (TPSA) is 80.6 Å². The van der Waals surface area contributed by atoms with Gasteiger partial charge < -0.3 is 4.74 Å². The summed E-state index contributed by atoms with van der Waals surface area (Å²) in [4.78, 5) is 0. The van der Waals surface area contributed by atoms with Gasteiger partial charge in [-0.2, -0.15) is 15.8 Å². The Balaban J connectivity index is 3.09. The molecule has 0 aromatic heterocycles. The van der Waals surface area contributed by atoms with Crippen LogP contribution in [0.1, 0.15) is 30.4 Å². The molecule has 4 nitrogen and oxygen atoms in total. The fraction of sp³-hybridized carbons (Fsp3) is 0.308. The molecule has 0 bridgehead atoms. The maximum Gasteiger partial charge on any atom is 0.174 e. The second-order valence-corrected chi connectivity index (χ2v) is 3.57. The number of hydrogen-bond donors (Lipinski definition) is 0. The SMILES string of the molecule is CC(CC#N)c1cc(C#N)ccc1OCC#N. The van der Waals surface area contributed by atoms with Crippen LogP contribution in [0, 0.1) is 34.0 Å². The standard InChI is InChI=1S/C13H11N3O/c1-10(4-5-14)12-8-11(9-16)2-3-13(12)17-7-6-15/h2-3,8,10H,4,7H2,1H3. The van der Waals surface area contributed by atoms with Crippen LogP contribution in [0.3, 0.4) is 0 Å². The van der Waals surface area contributed by atoms with E-state index in [4.69, 9.17) is 20.5 Å². The summed E-state index contributed by atoms with van der Waals surface area (Å²) in [6, 6.07) is 11.0. The predicted molar refractivity (Wildman–Crippen MR) is 60.9 cm³/mol. The summed E-state index contributed by atoms with van der Waals surface area (Å²) in [6.07, 6.45) is 0.345. The smallest absolute Gasteiger partial charge is 0.174 e. The maximum absolute atomic E-state index is 8.83. The van der Waals surface area contributed by atoms with E-state index < -0.39 is 0 Å². The Hall–Kier alpha value is -2.51. The first-order chi connectivity index (χ1) is 8.22. The molecule has 0 saturated heterocycles. The summed E-state index contributed by atoms with van der Waals surface area (Å²) in [5.41, 5.74) is 1.31. The van der Waals surface area contributed by atoms with E-state index in [0.29, 0.717) is 17.7 Å². The van der Waals surface area contributed by atoms with E-state index in [9.17, 15) is 0 Å². The molecule has 0 saturated carbocycles. The van der Waals surface area contributed by atoms with E-state index in [1.54, 1.807) is 18.2 Å². The molecule has 84 valence electrons. The average Bonchev–Trinajstić information content (AvgIpc) is 2.36. The predicted octanol–water partition coefficient (Wildman–Crippen LogP) is 2.48. The van der Waals surface area contributed by atoms with Crippen LogP contribution in [-0.4, -0.2) is 6.61 Å². The fourth-order valence-corrected chi connectivity index (χ4v) is 1.49. The molecule has 0 amide bonds. The largest absolute Gasteiger partial charge is 0.478 e. The summed E-state index contributed by atoms with van der Waals surface area (Å²) in [5, 5.41) is 26.0. The van der Waals surface area contributed by atoms with Crippen LogP contribution in [0.4, 0.5) is 0 Å². The Bertz CT molecular complexity index is 517. The monoisotopic (exact) mass is 225 g/mol. The lowest BCUT2D eigenvalue weighted by Crippen LogP contribution is -2.01. The van der Waals surface area contributed by atoms with Gasteiger partial charge in [-0.05, 0) is 29.7 Å². The summed E-state index contributed by atoms with van der Waals surface area (Å²) >= 11 is 0. The zero-order valence-corrected chi connectivity index (χ0v) is 9.47. The molecule has 0 fully saturated rings. The highest BCUT2D eigenvalue weighted by molar-refractivity contribution is 5.44. The molecule has 1 unspecified atom stereocenters. The first-order valence-electron chi connectivity index (χ1n) is 5.13. The van der Waals surface area contributed by atoms with E-state index in [1.807, 2.05) is 19.1 Å². The number of rotatable bonds is 4. The van der Waals surface area contributed by atoms with Gasteiger partial charge in [0.2, 0.25) is 0 Å². The molecule has 0 heterocycles. The lowest BCUT2D eigenvalue weighted by Gasteiger charge is -2.13. The Morgan fingerprint density at radius 3 is 2.59 bits per heavy atom. The van der Waals surface area contributed by atoms with Crippen LogP contribution in [0.15, 0.2) is 18.2 Å². The molecular formula is C13H11N3O. The molecule has 0 radical (unpaired) electrons. The number of benzene rings is 1. The highest BCUT2D eigenvalue weighted by atomic mass is 16.5. The van der Waals surface area contributed by atoms with Gasteiger partial charge in [0.25, 0.3) is 0 Å². The van der Waals surface area contributed by atoms with Crippen LogP contribution < -0.4 is 4.74 Å². The number of nitriles is 3. The minimum Gasteiger partial charge on any atom is -0.478 e. The van der Waals surface area contributed by atoms with Crippen molar-refractivity contribution in [3.8, 4) is 24.0 Å². The highest BCUT2D eigenvalue weighted by Gasteiger charge is 2.12. The van der Waals surface area contributed by atoms with Gasteiger partial charge in [-0.3, -0.25) is 0 Å². The van der Waals surface area contributed by atoms with Crippen molar-refractivity contribution in [2.45, 2.75) is 19.3 Å². The molecule has 0 spiro atoms. The molecule has 0 N–H and O–H groups in total. The Labute approximate surface area is 100 Å². The van der Waals surface area contributed by atoms with Crippen molar-refractivity contribution in [1.82, 2.24) is 0 Å². The third-order valence-electron chi connectivity index (χ3n) is 2.36. The third-order valence-corrected chi connectivity index (χ3v) is 2.36. The quantitative estimate of drug-likeness (QED) is 0.788. The van der Waals surface area contributed by atoms with Crippen molar-refractivity contribution in [3.05, 3.63) is 29.3 Å². The first kappa shape index (κ1) is 12.6. The van der Waals surface area contributed by atoms with Gasteiger partial charge in [0.05, 0.1) is 17.7 Å². The number of nitrogens with zero attached hydrogens (tertiary/aromatic N) is 3. The summed E-state index contributed by atoms with van der Waals surface area (Å²) in [7, 11) is 0. The van der Waals surface area contributed by atoms with Crippen LogP contribution in [-0.2, 0) is 0 Å². The summed E-state index contributed by atoms with van der Waals surface area (Å²) < 4.78 is 5.27. The summed E-state index contributed by atoms with van der Waals surface area (Å²) in [6.45, 7) is 1.84. The second-order valence-electron chi connectivity index (χ2n) is 3.57. The van der Waals surface area contributed by atoms with Crippen molar-refractivity contribution < 1.29 is 4.74 Å². The highest BCUT2D eigenvalue weighted by Crippen LogP contribution is 2.29. The van der Waals surface area contributed by atoms with Crippen molar-refractivity contribution in [2.24, 2.45) is 0 Å². The van der Waals surface area contributed by atoms with Gasteiger partial charge >= 0.3 is 0 Å². The van der Waals surface area contributed by atoms with E-state index in [1.165, 1.54) is 0 Å². The van der Waals surface area contributed by atoms with Crippen LogP contribution in [0.25, 0.3) is 0 Å². The normalized spacial score (nSPS) is 10.7. The lowest BCUT2D eigenvalue weighted by molar-refractivity contribution is 0.361.